The van der Waals surface area contributed by atoms with Crippen molar-refractivity contribution in [3.05, 3.63) is 66.3 Å². The lowest BCUT2D eigenvalue weighted by molar-refractivity contribution is -0.405. The van der Waals surface area contributed by atoms with Crippen molar-refractivity contribution in [1.82, 2.24) is 4.73 Å². The van der Waals surface area contributed by atoms with Crippen LogP contribution in [0, 0.1) is 35.8 Å². The van der Waals surface area contributed by atoms with Crippen molar-refractivity contribution < 1.29 is 30.2 Å². The Hall–Kier alpha value is -4.23. The van der Waals surface area contributed by atoms with Crippen molar-refractivity contribution >= 4 is 17.1 Å². The van der Waals surface area contributed by atoms with E-state index < -0.39 is 43.3 Å². The minimum absolute atomic E-state index is 0.234. The average molecular weight is 355 g/mol. The lowest BCUT2D eigenvalue weighted by Gasteiger charge is -2.00. The molecule has 132 valence electrons. The van der Waals surface area contributed by atoms with E-state index in [0.717, 1.165) is 4.73 Å². The number of pyridine rings is 1. The molecule has 0 amide bonds. The summed E-state index contributed by atoms with van der Waals surface area (Å²) in [5.41, 5.74) is -3.95. The van der Waals surface area contributed by atoms with Crippen molar-refractivity contribution in [3.8, 4) is 11.5 Å². The summed E-state index contributed by atoms with van der Waals surface area (Å²) in [7, 11) is 0. The van der Waals surface area contributed by atoms with Crippen LogP contribution in [0.2, 0.25) is 0 Å². The summed E-state index contributed by atoms with van der Waals surface area (Å²) in [4.78, 5) is 27.4. The van der Waals surface area contributed by atoms with Crippen molar-refractivity contribution in [2.45, 2.75) is 0 Å². The van der Waals surface area contributed by atoms with Crippen LogP contribution in [0.5, 0.6) is 11.5 Å². The number of rotatable bonds is 3. The van der Waals surface area contributed by atoms with Gasteiger partial charge in [0, 0.05) is 12.4 Å². The van der Waals surface area contributed by atoms with Crippen LogP contribution in [0.4, 0.5) is 17.1 Å². The minimum atomic E-state index is -1.48. The predicted octanol–water partition coefficient (Wildman–Crippen LogP) is 1.03. The molecule has 2 rings (SSSR count). The zero-order chi connectivity index (χ0) is 19.3. The standard InChI is InChI=1S/C6H3N3O8.C5H6N2O/c10-5-2(7(12)13)1-3(8(14)15)6(11)4(5)9(16)17;6-5-1-3-7(8)4-2-5/h1,10-11H;1-4,6,8H. The first-order chi connectivity index (χ1) is 11.6. The number of nitrogens with one attached hydrogen (secondary N) is 1. The highest BCUT2D eigenvalue weighted by atomic mass is 16.6. The number of hydrogen-bond acceptors (Lipinski definition) is 10. The van der Waals surface area contributed by atoms with Crippen molar-refractivity contribution in [2.75, 3.05) is 0 Å². The van der Waals surface area contributed by atoms with Crippen LogP contribution in [0.1, 0.15) is 0 Å². The third-order valence-corrected chi connectivity index (χ3v) is 2.60. The number of hydrogen-bond donors (Lipinski definition) is 4. The van der Waals surface area contributed by atoms with Gasteiger partial charge in [0.1, 0.15) is 6.07 Å². The smallest absolute Gasteiger partial charge is 0.366 e. The molecular formula is C11H9N5O9. The first kappa shape index (κ1) is 18.8. The highest BCUT2D eigenvalue weighted by Gasteiger charge is 2.36. The van der Waals surface area contributed by atoms with Gasteiger partial charge in [-0.05, 0) is 12.1 Å². The van der Waals surface area contributed by atoms with E-state index >= 15 is 0 Å². The lowest BCUT2D eigenvalue weighted by atomic mass is 10.2. The summed E-state index contributed by atoms with van der Waals surface area (Å²) in [5.74, 6) is -2.88. The second-order valence-corrected chi connectivity index (χ2v) is 4.20. The number of nitro groups is 3. The molecule has 0 aliphatic carbocycles. The Morgan fingerprint density at radius 1 is 0.880 bits per heavy atom. The summed E-state index contributed by atoms with van der Waals surface area (Å²) >= 11 is 0. The van der Waals surface area contributed by atoms with E-state index in [9.17, 15) is 30.3 Å². The third kappa shape index (κ3) is 4.38. The second kappa shape index (κ2) is 7.36. The Bertz CT molecular complexity index is 849. The molecular weight excluding hydrogens is 346 g/mol. The fourth-order valence-electron chi connectivity index (χ4n) is 1.49. The molecule has 2 aromatic rings. The predicted molar refractivity (Wildman–Crippen MR) is 77.2 cm³/mol. The largest absolute Gasteiger partial charge is 0.497 e. The molecule has 0 unspecified atom stereocenters. The molecule has 0 saturated heterocycles. The molecule has 0 aliphatic rings. The molecule has 1 aromatic heterocycles. The fraction of sp³-hybridized carbons (Fsp3) is 0. The Labute approximate surface area is 136 Å². The van der Waals surface area contributed by atoms with Gasteiger partial charge >= 0.3 is 17.1 Å². The third-order valence-electron chi connectivity index (χ3n) is 2.60. The number of phenols is 2. The van der Waals surface area contributed by atoms with Gasteiger partial charge in [-0.3, -0.25) is 30.3 Å². The summed E-state index contributed by atoms with van der Waals surface area (Å²) in [5, 5.41) is 65.5. The number of aromatic hydroxyl groups is 2. The molecule has 1 heterocycles. The van der Waals surface area contributed by atoms with Crippen LogP contribution in [0.3, 0.4) is 0 Å². The van der Waals surface area contributed by atoms with Gasteiger partial charge < -0.3 is 20.8 Å². The summed E-state index contributed by atoms with van der Waals surface area (Å²) in [6.07, 6.45) is 2.81. The molecule has 0 aliphatic heterocycles. The Balaban J connectivity index is 0.000000324. The van der Waals surface area contributed by atoms with Crippen LogP contribution < -0.4 is 5.36 Å². The van der Waals surface area contributed by atoms with Gasteiger partial charge in [-0.2, -0.15) is 0 Å². The highest BCUT2D eigenvalue weighted by Crippen LogP contribution is 2.47. The van der Waals surface area contributed by atoms with Crippen LogP contribution in [0.25, 0.3) is 0 Å². The topological polar surface area (TPSA) is 219 Å². The Morgan fingerprint density at radius 3 is 1.56 bits per heavy atom. The van der Waals surface area contributed by atoms with E-state index in [2.05, 4.69) is 0 Å². The van der Waals surface area contributed by atoms with Crippen LogP contribution in [-0.2, 0) is 0 Å². The summed E-state index contributed by atoms with van der Waals surface area (Å²) in [6, 6.07) is 3.23. The van der Waals surface area contributed by atoms with E-state index in [1.165, 1.54) is 24.5 Å². The van der Waals surface area contributed by atoms with Gasteiger partial charge in [0.25, 0.3) is 11.5 Å². The van der Waals surface area contributed by atoms with Crippen molar-refractivity contribution in [2.24, 2.45) is 0 Å². The van der Waals surface area contributed by atoms with Gasteiger partial charge in [0.2, 0.25) is 0 Å². The second-order valence-electron chi connectivity index (χ2n) is 4.20. The Kier molecular flexibility index (Phi) is 5.54. The molecule has 14 heteroatoms. The molecule has 1 aromatic carbocycles. The maximum atomic E-state index is 10.4. The van der Waals surface area contributed by atoms with E-state index in [4.69, 9.17) is 20.8 Å². The molecule has 0 fully saturated rings. The van der Waals surface area contributed by atoms with Crippen molar-refractivity contribution in [1.29, 1.82) is 5.41 Å². The molecule has 0 spiro atoms. The zero-order valence-corrected chi connectivity index (χ0v) is 12.0. The molecule has 25 heavy (non-hydrogen) atoms. The lowest BCUT2D eigenvalue weighted by Crippen LogP contribution is -1.99. The first-order valence-corrected chi connectivity index (χ1v) is 6.00. The zero-order valence-electron chi connectivity index (χ0n) is 12.0. The van der Waals surface area contributed by atoms with Crippen LogP contribution >= 0.6 is 0 Å². The van der Waals surface area contributed by atoms with Gasteiger partial charge in [-0.25, -0.2) is 4.73 Å². The normalized spacial score (nSPS) is 9.60. The molecule has 0 saturated carbocycles. The molecule has 0 bridgehead atoms. The monoisotopic (exact) mass is 355 g/mol. The average Bonchev–Trinajstić information content (AvgIpc) is 2.50. The maximum Gasteiger partial charge on any atom is 0.366 e. The van der Waals surface area contributed by atoms with E-state index in [0.29, 0.717) is 5.36 Å². The van der Waals surface area contributed by atoms with Gasteiger partial charge in [0.05, 0.1) is 20.1 Å². The number of phenolic OH excluding ortho intramolecular Hbond substituents is 2. The molecule has 4 N–H and O–H groups in total. The highest BCUT2D eigenvalue weighted by molar-refractivity contribution is 5.73. The van der Waals surface area contributed by atoms with E-state index in [-0.39, 0.29) is 6.07 Å². The van der Waals surface area contributed by atoms with Crippen LogP contribution in [-0.4, -0.2) is 34.9 Å². The SMILES string of the molecule is N=c1ccn(O)cc1.O=[N+]([O-])c1cc([N+](=O)[O-])c(O)c([N+](=O)[O-])c1O. The quantitative estimate of drug-likeness (QED) is 0.350. The van der Waals surface area contributed by atoms with Crippen LogP contribution in [0.15, 0.2) is 30.6 Å². The number of nitrogens with zero attached hydrogens (tertiary/aromatic N) is 4. The summed E-state index contributed by atoms with van der Waals surface area (Å²) < 4.78 is 0.901. The van der Waals surface area contributed by atoms with Gasteiger partial charge in [-0.1, -0.05) is 0 Å². The number of aromatic nitrogens is 1. The van der Waals surface area contributed by atoms with E-state index in [1.807, 2.05) is 0 Å². The van der Waals surface area contributed by atoms with Gasteiger partial charge in [0.15, 0.2) is 0 Å². The molecule has 0 atom stereocenters. The number of nitro benzene ring substituents is 3. The molecule has 0 radical (unpaired) electrons. The maximum absolute atomic E-state index is 10.4. The van der Waals surface area contributed by atoms with Crippen molar-refractivity contribution in [3.63, 3.8) is 0 Å². The van der Waals surface area contributed by atoms with E-state index in [1.54, 1.807) is 0 Å². The molecule has 14 nitrogen and oxygen atoms in total. The number of benzene rings is 1. The van der Waals surface area contributed by atoms with Gasteiger partial charge in [-0.15, -0.1) is 0 Å². The minimum Gasteiger partial charge on any atom is -0.497 e. The Morgan fingerprint density at radius 2 is 1.28 bits per heavy atom. The first-order valence-electron chi connectivity index (χ1n) is 6.00. The fourth-order valence-corrected chi connectivity index (χ4v) is 1.49. The summed E-state index contributed by atoms with van der Waals surface area (Å²) in [6.45, 7) is 0.